The van der Waals surface area contributed by atoms with Gasteiger partial charge in [0.15, 0.2) is 6.04 Å². The number of hydrogen-bond acceptors (Lipinski definition) is 1. The van der Waals surface area contributed by atoms with Crippen LogP contribution in [-0.4, -0.2) is 29.5 Å². The first-order valence-corrected chi connectivity index (χ1v) is 9.95. The topological polar surface area (TPSA) is 61.5 Å². The van der Waals surface area contributed by atoms with E-state index in [1.165, 1.54) is 10.9 Å². The molecule has 1 aliphatic rings. The van der Waals surface area contributed by atoms with Gasteiger partial charge in [-0.15, -0.1) is 0 Å². The molecule has 2 atom stereocenters. The van der Waals surface area contributed by atoms with E-state index in [2.05, 4.69) is 46.1 Å². The van der Waals surface area contributed by atoms with Crippen LogP contribution in [0.2, 0.25) is 5.02 Å². The Labute approximate surface area is 164 Å². The van der Waals surface area contributed by atoms with Gasteiger partial charge in [-0.25, -0.2) is 0 Å². The lowest BCUT2D eigenvalue weighted by atomic mass is 9.90. The molecule has 1 aliphatic carbocycles. The van der Waals surface area contributed by atoms with Crippen LogP contribution in [0.25, 0.3) is 10.9 Å². The van der Waals surface area contributed by atoms with Crippen LogP contribution in [0.4, 0.5) is 0 Å². The van der Waals surface area contributed by atoms with Crippen molar-refractivity contribution in [1.82, 2.24) is 10.3 Å². The predicted octanol–water partition coefficient (Wildman–Crippen LogP) is 3.18. The molecular formula is C22H25ClN3O+. The molecular weight excluding hydrogens is 358 g/mol. The zero-order valence-electron chi connectivity index (χ0n) is 15.4. The van der Waals surface area contributed by atoms with Crippen molar-refractivity contribution in [2.45, 2.75) is 37.8 Å². The third-order valence-corrected chi connectivity index (χ3v) is 5.68. The number of rotatable bonds is 7. The van der Waals surface area contributed by atoms with Gasteiger partial charge >= 0.3 is 0 Å². The fourth-order valence-corrected chi connectivity index (χ4v) is 3.84. The maximum absolute atomic E-state index is 12.3. The molecule has 140 valence electrons. The van der Waals surface area contributed by atoms with Gasteiger partial charge in [0.25, 0.3) is 5.91 Å². The second-order valence-electron chi connectivity index (χ2n) is 7.41. The highest BCUT2D eigenvalue weighted by Gasteiger charge is 2.28. The highest BCUT2D eigenvalue weighted by Crippen LogP contribution is 2.33. The number of carbonyl (C=O) groups is 1. The molecule has 0 bridgehead atoms. The average molecular weight is 383 g/mol. The van der Waals surface area contributed by atoms with E-state index >= 15 is 0 Å². The Bertz CT molecular complexity index is 947. The summed E-state index contributed by atoms with van der Waals surface area (Å²) in [6, 6.07) is 16.6. The van der Waals surface area contributed by atoms with Gasteiger partial charge in [0, 0.05) is 28.2 Å². The van der Waals surface area contributed by atoms with E-state index in [0.29, 0.717) is 6.04 Å². The summed E-state index contributed by atoms with van der Waals surface area (Å²) in [5.41, 5.74) is 3.42. The Hall–Kier alpha value is -2.30. The Morgan fingerprint density at radius 3 is 2.70 bits per heavy atom. The summed E-state index contributed by atoms with van der Waals surface area (Å²) in [4.78, 5) is 15.7. The van der Waals surface area contributed by atoms with Crippen molar-refractivity contribution in [2.75, 3.05) is 6.54 Å². The number of aromatic amines is 1. The van der Waals surface area contributed by atoms with Crippen LogP contribution in [0.15, 0.2) is 54.7 Å². The molecule has 0 radical (unpaired) electrons. The standard InChI is InChI=1S/C22H24ClN3O/c1-14(22(27)26-15-10-11-15)24-12-18(16-6-2-4-8-20(16)23)19-13-25-21-9-5-3-7-17(19)21/h2-9,13-15,18,24-25H,10-12H2,1H3,(H,26,27)/p+1/t14-,18-/m1/s1. The molecule has 0 saturated heterocycles. The molecule has 4 N–H and O–H groups in total. The number of amides is 1. The molecule has 0 aliphatic heterocycles. The molecule has 4 rings (SSSR count). The third-order valence-electron chi connectivity index (χ3n) is 5.34. The number of nitrogens with two attached hydrogens (primary N) is 1. The van der Waals surface area contributed by atoms with Crippen LogP contribution >= 0.6 is 11.6 Å². The van der Waals surface area contributed by atoms with Crippen LogP contribution in [0.1, 0.15) is 36.8 Å². The molecule has 1 fully saturated rings. The van der Waals surface area contributed by atoms with Gasteiger partial charge < -0.3 is 15.6 Å². The fourth-order valence-electron chi connectivity index (χ4n) is 3.57. The monoisotopic (exact) mass is 382 g/mol. The van der Waals surface area contributed by atoms with Crippen molar-refractivity contribution < 1.29 is 10.1 Å². The maximum atomic E-state index is 12.3. The number of halogens is 1. The van der Waals surface area contributed by atoms with E-state index < -0.39 is 0 Å². The van der Waals surface area contributed by atoms with Crippen molar-refractivity contribution in [1.29, 1.82) is 0 Å². The number of quaternary nitrogens is 1. The van der Waals surface area contributed by atoms with Crippen molar-refractivity contribution in [3.8, 4) is 0 Å². The van der Waals surface area contributed by atoms with Gasteiger partial charge in [-0.2, -0.15) is 0 Å². The molecule has 4 nitrogen and oxygen atoms in total. The van der Waals surface area contributed by atoms with Gasteiger partial charge in [0.1, 0.15) is 0 Å². The van der Waals surface area contributed by atoms with Crippen molar-refractivity contribution in [2.24, 2.45) is 0 Å². The predicted molar refractivity (Wildman–Crippen MR) is 109 cm³/mol. The lowest BCUT2D eigenvalue weighted by molar-refractivity contribution is -0.674. The molecule has 0 unspecified atom stereocenters. The van der Waals surface area contributed by atoms with E-state index in [1.807, 2.05) is 31.2 Å². The number of aromatic nitrogens is 1. The zero-order chi connectivity index (χ0) is 18.8. The minimum absolute atomic E-state index is 0.103. The number of fused-ring (bicyclic) bond motifs is 1. The Morgan fingerprint density at radius 2 is 1.93 bits per heavy atom. The number of para-hydroxylation sites is 1. The quantitative estimate of drug-likeness (QED) is 0.577. The third kappa shape index (κ3) is 4.02. The Kier molecular flexibility index (Phi) is 5.19. The normalized spacial score (nSPS) is 16.2. The van der Waals surface area contributed by atoms with E-state index in [0.717, 1.165) is 35.5 Å². The van der Waals surface area contributed by atoms with Crippen molar-refractivity contribution >= 4 is 28.4 Å². The summed E-state index contributed by atoms with van der Waals surface area (Å²) >= 11 is 6.54. The molecule has 0 spiro atoms. The second-order valence-corrected chi connectivity index (χ2v) is 7.81. The lowest BCUT2D eigenvalue weighted by Gasteiger charge is -2.19. The highest BCUT2D eigenvalue weighted by atomic mass is 35.5. The molecule has 3 aromatic rings. The Balaban J connectivity index is 1.60. The zero-order valence-corrected chi connectivity index (χ0v) is 16.2. The smallest absolute Gasteiger partial charge is 0.278 e. The SMILES string of the molecule is C[C@@H]([NH2+]C[C@H](c1ccccc1Cl)c1c[nH]c2ccccc12)C(=O)NC1CC1. The highest BCUT2D eigenvalue weighted by molar-refractivity contribution is 6.31. The number of H-pyrrole nitrogens is 1. The molecule has 5 heteroatoms. The molecule has 1 aromatic heterocycles. The van der Waals surface area contributed by atoms with Crippen molar-refractivity contribution in [3.63, 3.8) is 0 Å². The van der Waals surface area contributed by atoms with Gasteiger partial charge in [0.2, 0.25) is 0 Å². The number of hydrogen-bond donors (Lipinski definition) is 3. The van der Waals surface area contributed by atoms with E-state index in [4.69, 9.17) is 11.6 Å². The van der Waals surface area contributed by atoms with Crippen LogP contribution in [-0.2, 0) is 4.79 Å². The molecule has 1 heterocycles. The van der Waals surface area contributed by atoms with Gasteiger partial charge in [-0.05, 0) is 43.0 Å². The largest absolute Gasteiger partial charge is 0.361 e. The summed E-state index contributed by atoms with van der Waals surface area (Å²) in [6.07, 6.45) is 4.29. The van der Waals surface area contributed by atoms with Crippen LogP contribution in [0, 0.1) is 0 Å². The lowest BCUT2D eigenvalue weighted by Crippen LogP contribution is -2.92. The second kappa shape index (κ2) is 7.75. The first-order valence-electron chi connectivity index (χ1n) is 9.57. The number of benzene rings is 2. The summed E-state index contributed by atoms with van der Waals surface area (Å²) in [7, 11) is 0. The summed E-state index contributed by atoms with van der Waals surface area (Å²) < 4.78 is 0. The van der Waals surface area contributed by atoms with Gasteiger partial charge in [-0.1, -0.05) is 48.0 Å². The van der Waals surface area contributed by atoms with Crippen molar-refractivity contribution in [3.05, 3.63) is 70.9 Å². The van der Waals surface area contributed by atoms with E-state index in [1.54, 1.807) is 0 Å². The first-order chi connectivity index (χ1) is 13.1. The summed E-state index contributed by atoms with van der Waals surface area (Å²) in [6.45, 7) is 2.72. The van der Waals surface area contributed by atoms with E-state index in [9.17, 15) is 4.79 Å². The Morgan fingerprint density at radius 1 is 1.19 bits per heavy atom. The molecule has 1 saturated carbocycles. The van der Waals surface area contributed by atoms with E-state index in [-0.39, 0.29) is 17.9 Å². The first kappa shape index (κ1) is 18.1. The van der Waals surface area contributed by atoms with Gasteiger partial charge in [0.05, 0.1) is 12.5 Å². The minimum Gasteiger partial charge on any atom is -0.361 e. The fraction of sp³-hybridized carbons (Fsp3) is 0.318. The van der Waals surface area contributed by atoms with Crippen LogP contribution in [0.3, 0.4) is 0 Å². The molecule has 2 aromatic carbocycles. The molecule has 1 amide bonds. The van der Waals surface area contributed by atoms with Gasteiger partial charge in [-0.3, -0.25) is 4.79 Å². The number of nitrogens with one attached hydrogen (secondary N) is 2. The molecule has 27 heavy (non-hydrogen) atoms. The van der Waals surface area contributed by atoms with Crippen LogP contribution in [0.5, 0.6) is 0 Å². The van der Waals surface area contributed by atoms with Crippen LogP contribution < -0.4 is 10.6 Å². The summed E-state index contributed by atoms with van der Waals surface area (Å²) in [5, 5.41) is 7.17. The number of carbonyl (C=O) groups excluding carboxylic acids is 1. The summed E-state index contributed by atoms with van der Waals surface area (Å²) in [5.74, 6) is 0.223. The maximum Gasteiger partial charge on any atom is 0.278 e. The minimum atomic E-state index is -0.124. The average Bonchev–Trinajstić information content (AvgIpc) is 3.39.